The van der Waals surface area contributed by atoms with Gasteiger partial charge in [0.15, 0.2) is 0 Å². The molecule has 0 bridgehead atoms. The van der Waals surface area contributed by atoms with Gasteiger partial charge in [-0.25, -0.2) is 0 Å². The standard InChI is InChI=1S/C19H23NO4S/c1-3-4-13-20-19(21)18-8-6-5-7-16(18)14-24-25(22,23)17-11-9-15(2)10-12-17/h5-12H,3-4,13-14H2,1-2H3,(H,20,21). The molecule has 0 aliphatic heterocycles. The van der Waals surface area contributed by atoms with Gasteiger partial charge in [0.25, 0.3) is 16.0 Å². The van der Waals surface area contributed by atoms with Crippen LogP contribution in [0.2, 0.25) is 0 Å². The van der Waals surface area contributed by atoms with E-state index in [9.17, 15) is 13.2 Å². The van der Waals surface area contributed by atoms with Crippen LogP contribution in [0.5, 0.6) is 0 Å². The van der Waals surface area contributed by atoms with E-state index in [1.54, 1.807) is 36.4 Å². The van der Waals surface area contributed by atoms with Gasteiger partial charge in [-0.1, -0.05) is 49.2 Å². The predicted molar refractivity (Wildman–Crippen MR) is 96.8 cm³/mol. The van der Waals surface area contributed by atoms with E-state index in [1.165, 1.54) is 12.1 Å². The Morgan fingerprint density at radius 3 is 2.44 bits per heavy atom. The molecule has 0 heterocycles. The summed E-state index contributed by atoms with van der Waals surface area (Å²) in [7, 11) is -3.87. The van der Waals surface area contributed by atoms with Gasteiger partial charge in [-0.3, -0.25) is 8.98 Å². The Hall–Kier alpha value is -2.18. The van der Waals surface area contributed by atoms with Crippen molar-refractivity contribution in [2.24, 2.45) is 0 Å². The van der Waals surface area contributed by atoms with Crippen molar-refractivity contribution in [3.8, 4) is 0 Å². The molecule has 0 atom stereocenters. The minimum Gasteiger partial charge on any atom is -0.352 e. The van der Waals surface area contributed by atoms with Gasteiger partial charge in [0.05, 0.1) is 11.5 Å². The molecular weight excluding hydrogens is 338 g/mol. The highest BCUT2D eigenvalue weighted by Gasteiger charge is 2.17. The highest BCUT2D eigenvalue weighted by Crippen LogP contribution is 2.17. The number of rotatable bonds is 8. The van der Waals surface area contributed by atoms with Crippen LogP contribution in [-0.2, 0) is 20.9 Å². The molecule has 0 fully saturated rings. The summed E-state index contributed by atoms with van der Waals surface area (Å²) in [6.07, 6.45) is 1.88. The number of benzene rings is 2. The van der Waals surface area contributed by atoms with Crippen LogP contribution in [0.3, 0.4) is 0 Å². The molecule has 0 saturated heterocycles. The minimum absolute atomic E-state index is 0.1000. The number of hydrogen-bond donors (Lipinski definition) is 1. The van der Waals surface area contributed by atoms with Crippen LogP contribution in [0.15, 0.2) is 53.4 Å². The number of carbonyl (C=O) groups excluding carboxylic acids is 1. The van der Waals surface area contributed by atoms with Crippen molar-refractivity contribution >= 4 is 16.0 Å². The van der Waals surface area contributed by atoms with Crippen molar-refractivity contribution in [2.45, 2.75) is 38.2 Å². The molecule has 2 rings (SSSR count). The van der Waals surface area contributed by atoms with Gasteiger partial charge in [0, 0.05) is 12.1 Å². The molecule has 0 aliphatic rings. The fraction of sp³-hybridized carbons (Fsp3) is 0.316. The van der Waals surface area contributed by atoms with E-state index in [1.807, 2.05) is 13.8 Å². The summed E-state index contributed by atoms with van der Waals surface area (Å²) in [5.41, 5.74) is 1.93. The molecule has 134 valence electrons. The average Bonchev–Trinajstić information content (AvgIpc) is 2.61. The van der Waals surface area contributed by atoms with E-state index in [-0.39, 0.29) is 17.4 Å². The van der Waals surface area contributed by atoms with Gasteiger partial charge in [0.1, 0.15) is 0 Å². The number of carbonyl (C=O) groups is 1. The first kappa shape index (κ1) is 19.1. The number of unbranched alkanes of at least 4 members (excludes halogenated alkanes) is 1. The SMILES string of the molecule is CCCCNC(=O)c1ccccc1COS(=O)(=O)c1ccc(C)cc1. The third-order valence-corrected chi connectivity index (χ3v) is 5.03. The Morgan fingerprint density at radius 1 is 1.08 bits per heavy atom. The summed E-state index contributed by atoms with van der Waals surface area (Å²) < 4.78 is 29.7. The number of amides is 1. The Balaban J connectivity index is 2.10. The van der Waals surface area contributed by atoms with Crippen LogP contribution in [-0.4, -0.2) is 20.9 Å². The van der Waals surface area contributed by atoms with Gasteiger partial charge in [-0.15, -0.1) is 0 Å². The third-order valence-electron chi connectivity index (χ3n) is 3.76. The fourth-order valence-corrected chi connectivity index (χ4v) is 3.14. The molecule has 1 N–H and O–H groups in total. The van der Waals surface area contributed by atoms with E-state index in [2.05, 4.69) is 5.32 Å². The van der Waals surface area contributed by atoms with Crippen molar-refractivity contribution in [1.82, 2.24) is 5.32 Å². The Bertz CT molecular complexity index is 814. The second kappa shape index (κ2) is 8.78. The molecule has 1 amide bonds. The van der Waals surface area contributed by atoms with Crippen LogP contribution in [0.1, 0.15) is 41.3 Å². The first-order valence-corrected chi connectivity index (χ1v) is 9.67. The van der Waals surface area contributed by atoms with Gasteiger partial charge in [-0.05, 0) is 37.1 Å². The van der Waals surface area contributed by atoms with Gasteiger partial charge >= 0.3 is 0 Å². The number of aryl methyl sites for hydroxylation is 1. The maximum atomic E-state index is 12.3. The zero-order chi connectivity index (χ0) is 18.3. The van der Waals surface area contributed by atoms with Crippen LogP contribution in [0.25, 0.3) is 0 Å². The lowest BCUT2D eigenvalue weighted by Gasteiger charge is -2.11. The Kier molecular flexibility index (Phi) is 6.73. The minimum atomic E-state index is -3.87. The Labute approximate surface area is 149 Å². The van der Waals surface area contributed by atoms with Gasteiger partial charge in [0.2, 0.25) is 0 Å². The van der Waals surface area contributed by atoms with E-state index >= 15 is 0 Å². The summed E-state index contributed by atoms with van der Waals surface area (Å²) in [4.78, 5) is 12.4. The summed E-state index contributed by atoms with van der Waals surface area (Å²) >= 11 is 0. The summed E-state index contributed by atoms with van der Waals surface area (Å²) in [6.45, 7) is 4.33. The van der Waals surface area contributed by atoms with Crippen LogP contribution < -0.4 is 5.32 Å². The smallest absolute Gasteiger partial charge is 0.297 e. The lowest BCUT2D eigenvalue weighted by atomic mass is 10.1. The molecule has 0 spiro atoms. The summed E-state index contributed by atoms with van der Waals surface area (Å²) in [5.74, 6) is -0.222. The van der Waals surface area contributed by atoms with E-state index in [0.717, 1.165) is 18.4 Å². The fourth-order valence-electron chi connectivity index (χ4n) is 2.26. The van der Waals surface area contributed by atoms with E-state index in [4.69, 9.17) is 4.18 Å². The maximum Gasteiger partial charge on any atom is 0.297 e. The second-order valence-electron chi connectivity index (χ2n) is 5.80. The van der Waals surface area contributed by atoms with Crippen molar-refractivity contribution in [3.05, 3.63) is 65.2 Å². The predicted octanol–water partition coefficient (Wildman–Crippen LogP) is 3.43. The molecule has 5 nitrogen and oxygen atoms in total. The zero-order valence-corrected chi connectivity index (χ0v) is 15.3. The van der Waals surface area contributed by atoms with E-state index in [0.29, 0.717) is 17.7 Å². The van der Waals surface area contributed by atoms with Crippen LogP contribution in [0.4, 0.5) is 0 Å². The largest absolute Gasteiger partial charge is 0.352 e. The topological polar surface area (TPSA) is 72.5 Å². The molecular formula is C19H23NO4S. The first-order chi connectivity index (χ1) is 11.9. The van der Waals surface area contributed by atoms with Gasteiger partial charge < -0.3 is 5.32 Å². The zero-order valence-electron chi connectivity index (χ0n) is 14.5. The lowest BCUT2D eigenvalue weighted by Crippen LogP contribution is -2.25. The summed E-state index contributed by atoms with van der Waals surface area (Å²) in [6, 6.07) is 13.3. The van der Waals surface area contributed by atoms with Crippen molar-refractivity contribution < 1.29 is 17.4 Å². The molecule has 2 aromatic rings. The molecule has 0 aliphatic carbocycles. The lowest BCUT2D eigenvalue weighted by molar-refractivity contribution is 0.0950. The molecule has 2 aromatic carbocycles. The molecule has 0 unspecified atom stereocenters. The van der Waals surface area contributed by atoms with E-state index < -0.39 is 10.1 Å². The van der Waals surface area contributed by atoms with Crippen LogP contribution >= 0.6 is 0 Å². The second-order valence-corrected chi connectivity index (χ2v) is 7.41. The molecule has 0 saturated carbocycles. The first-order valence-electron chi connectivity index (χ1n) is 8.26. The molecule has 0 aromatic heterocycles. The quantitative estimate of drug-likeness (QED) is 0.577. The highest BCUT2D eigenvalue weighted by atomic mass is 32.2. The molecule has 6 heteroatoms. The van der Waals surface area contributed by atoms with Crippen molar-refractivity contribution in [3.63, 3.8) is 0 Å². The monoisotopic (exact) mass is 361 g/mol. The maximum absolute atomic E-state index is 12.3. The summed E-state index contributed by atoms with van der Waals surface area (Å²) in [5, 5.41) is 2.83. The third kappa shape index (κ3) is 5.41. The average molecular weight is 361 g/mol. The number of hydrogen-bond acceptors (Lipinski definition) is 4. The van der Waals surface area contributed by atoms with Crippen molar-refractivity contribution in [1.29, 1.82) is 0 Å². The molecule has 25 heavy (non-hydrogen) atoms. The normalized spacial score (nSPS) is 11.3. The van der Waals surface area contributed by atoms with Gasteiger partial charge in [-0.2, -0.15) is 8.42 Å². The van der Waals surface area contributed by atoms with Crippen LogP contribution in [0, 0.1) is 6.92 Å². The highest BCUT2D eigenvalue weighted by molar-refractivity contribution is 7.86. The van der Waals surface area contributed by atoms with Crippen molar-refractivity contribution in [2.75, 3.05) is 6.54 Å². The number of nitrogens with one attached hydrogen (secondary N) is 1. The Morgan fingerprint density at radius 2 is 1.76 bits per heavy atom. The molecule has 0 radical (unpaired) electrons.